The van der Waals surface area contributed by atoms with E-state index in [2.05, 4.69) is 13.8 Å². The van der Waals surface area contributed by atoms with Gasteiger partial charge in [0.05, 0.1) is 0 Å². The molecule has 0 spiro atoms. The molecule has 0 radical (unpaired) electrons. The summed E-state index contributed by atoms with van der Waals surface area (Å²) >= 11 is 0. The van der Waals surface area contributed by atoms with E-state index >= 15 is 0 Å². The largest absolute Gasteiger partial charge is 0.0651 e. The summed E-state index contributed by atoms with van der Waals surface area (Å²) in [6, 6.07) is 0. The van der Waals surface area contributed by atoms with E-state index in [4.69, 9.17) is 0 Å². The Bertz CT molecular complexity index is 110. The van der Waals surface area contributed by atoms with Gasteiger partial charge in [-0.1, -0.05) is 71.6 Å². The van der Waals surface area contributed by atoms with Gasteiger partial charge in [-0.2, -0.15) is 0 Å². The summed E-state index contributed by atoms with van der Waals surface area (Å²) in [6.45, 7) is 4.64. The molecular weight excluding hydrogens is 257 g/mol. The van der Waals surface area contributed by atoms with Gasteiger partial charge in [0.1, 0.15) is 0 Å². The molecular formula is C13H26Ru. The molecule has 0 aromatic rings. The van der Waals surface area contributed by atoms with Gasteiger partial charge in [0.2, 0.25) is 0 Å². The molecule has 0 nitrogen and oxygen atoms in total. The van der Waals surface area contributed by atoms with Crippen molar-refractivity contribution in [3.8, 4) is 0 Å². The first-order valence-electron chi connectivity index (χ1n) is 6.33. The Morgan fingerprint density at radius 2 is 1.29 bits per heavy atom. The van der Waals surface area contributed by atoms with Crippen LogP contribution < -0.4 is 0 Å². The summed E-state index contributed by atoms with van der Waals surface area (Å²) in [5.74, 6) is 2.14. The summed E-state index contributed by atoms with van der Waals surface area (Å²) in [6.07, 6.45) is 13.4. The first kappa shape index (κ1) is 14.6. The van der Waals surface area contributed by atoms with Crippen LogP contribution in [0.5, 0.6) is 0 Å². The van der Waals surface area contributed by atoms with Crippen LogP contribution in [0.1, 0.15) is 71.6 Å². The second kappa shape index (κ2) is 8.89. The molecule has 0 N–H and O–H groups in total. The molecule has 0 amide bonds. The van der Waals surface area contributed by atoms with E-state index in [0.717, 1.165) is 11.8 Å². The second-order valence-electron chi connectivity index (χ2n) is 4.95. The number of rotatable bonds is 1. The van der Waals surface area contributed by atoms with Gasteiger partial charge in [0.25, 0.3) is 0 Å². The van der Waals surface area contributed by atoms with E-state index < -0.39 is 0 Å². The van der Waals surface area contributed by atoms with Gasteiger partial charge < -0.3 is 0 Å². The maximum Gasteiger partial charge on any atom is 0 e. The van der Waals surface area contributed by atoms with Crippen LogP contribution in [-0.4, -0.2) is 0 Å². The smallest absolute Gasteiger partial charge is 0 e. The Labute approximate surface area is 103 Å². The van der Waals surface area contributed by atoms with Crippen molar-refractivity contribution < 1.29 is 19.5 Å². The summed E-state index contributed by atoms with van der Waals surface area (Å²) in [5, 5.41) is 0. The van der Waals surface area contributed by atoms with Crippen LogP contribution in [-0.2, 0) is 19.5 Å². The molecule has 2 fully saturated rings. The van der Waals surface area contributed by atoms with Crippen LogP contribution in [0.3, 0.4) is 0 Å². The molecule has 2 saturated carbocycles. The molecule has 0 aromatic heterocycles. The van der Waals surface area contributed by atoms with Crippen molar-refractivity contribution in [1.82, 2.24) is 0 Å². The first-order valence-corrected chi connectivity index (χ1v) is 6.33. The first-order chi connectivity index (χ1) is 6.33. The fourth-order valence-corrected chi connectivity index (χ4v) is 2.55. The molecule has 0 saturated heterocycles. The third kappa shape index (κ3) is 6.17. The zero-order valence-electron chi connectivity index (χ0n) is 9.87. The van der Waals surface area contributed by atoms with Gasteiger partial charge in [-0.25, -0.2) is 0 Å². The summed E-state index contributed by atoms with van der Waals surface area (Å²) in [4.78, 5) is 0. The van der Waals surface area contributed by atoms with Crippen LogP contribution in [0.25, 0.3) is 0 Å². The molecule has 2 aliphatic rings. The Hall–Kier alpha value is 0.623. The fourth-order valence-electron chi connectivity index (χ4n) is 2.55. The number of hydrogen-bond donors (Lipinski definition) is 0. The quantitative estimate of drug-likeness (QED) is 0.607. The minimum Gasteiger partial charge on any atom is -0.0651 e. The minimum absolute atomic E-state index is 0. The third-order valence-corrected chi connectivity index (χ3v) is 3.70. The van der Waals surface area contributed by atoms with Crippen molar-refractivity contribution >= 4 is 0 Å². The molecule has 0 unspecified atom stereocenters. The predicted molar refractivity (Wildman–Crippen MR) is 59.9 cm³/mol. The zero-order chi connectivity index (χ0) is 9.52. The molecule has 0 aromatic carbocycles. The standard InChI is InChI=1S/C7H14.C6H12.Ru/c1-2-7-5-3-4-6-7;1-6-4-2-3-5-6;/h7H,2-6H2,1H3;6H,2-5H2,1H3;. The molecule has 0 bridgehead atoms. The van der Waals surface area contributed by atoms with E-state index in [1.165, 1.54) is 57.8 Å². The molecule has 14 heavy (non-hydrogen) atoms. The maximum atomic E-state index is 2.34. The van der Waals surface area contributed by atoms with Gasteiger partial charge in [-0.15, -0.1) is 0 Å². The molecule has 0 heterocycles. The van der Waals surface area contributed by atoms with Crippen molar-refractivity contribution in [3.05, 3.63) is 0 Å². The molecule has 1 heteroatoms. The average Bonchev–Trinajstić information content (AvgIpc) is 2.76. The van der Waals surface area contributed by atoms with Gasteiger partial charge in [-0.05, 0) is 11.8 Å². The zero-order valence-corrected chi connectivity index (χ0v) is 11.6. The van der Waals surface area contributed by atoms with E-state index in [0.29, 0.717) is 0 Å². The van der Waals surface area contributed by atoms with Crippen molar-refractivity contribution in [3.63, 3.8) is 0 Å². The van der Waals surface area contributed by atoms with Crippen molar-refractivity contribution in [2.75, 3.05) is 0 Å². The molecule has 86 valence electrons. The Morgan fingerprint density at radius 3 is 1.50 bits per heavy atom. The van der Waals surface area contributed by atoms with E-state index in [1.807, 2.05) is 0 Å². The maximum absolute atomic E-state index is 2.34. The fraction of sp³-hybridized carbons (Fsp3) is 1.00. The van der Waals surface area contributed by atoms with Crippen LogP contribution in [0.15, 0.2) is 0 Å². The topological polar surface area (TPSA) is 0 Å². The van der Waals surface area contributed by atoms with Crippen LogP contribution in [0.2, 0.25) is 0 Å². The molecule has 0 aliphatic heterocycles. The van der Waals surface area contributed by atoms with Crippen LogP contribution in [0, 0.1) is 11.8 Å². The Morgan fingerprint density at radius 1 is 0.857 bits per heavy atom. The third-order valence-electron chi connectivity index (χ3n) is 3.70. The van der Waals surface area contributed by atoms with Crippen molar-refractivity contribution in [2.45, 2.75) is 71.6 Å². The van der Waals surface area contributed by atoms with Crippen LogP contribution in [0.4, 0.5) is 0 Å². The minimum atomic E-state index is 0. The van der Waals surface area contributed by atoms with E-state index in [1.54, 1.807) is 0 Å². The molecule has 2 rings (SSSR count). The van der Waals surface area contributed by atoms with Gasteiger partial charge >= 0.3 is 0 Å². The summed E-state index contributed by atoms with van der Waals surface area (Å²) in [5.41, 5.74) is 0. The Balaban J connectivity index is 0.000000227. The van der Waals surface area contributed by atoms with E-state index in [-0.39, 0.29) is 19.5 Å². The van der Waals surface area contributed by atoms with Gasteiger partial charge in [0, 0.05) is 19.5 Å². The van der Waals surface area contributed by atoms with Gasteiger partial charge in [0.15, 0.2) is 0 Å². The average molecular weight is 283 g/mol. The predicted octanol–water partition coefficient (Wildman–Crippen LogP) is 4.78. The van der Waals surface area contributed by atoms with E-state index in [9.17, 15) is 0 Å². The molecule has 2 aliphatic carbocycles. The summed E-state index contributed by atoms with van der Waals surface area (Å²) in [7, 11) is 0. The van der Waals surface area contributed by atoms with Crippen molar-refractivity contribution in [2.24, 2.45) is 11.8 Å². The second-order valence-corrected chi connectivity index (χ2v) is 4.95. The Kier molecular flexibility index (Phi) is 9.29. The summed E-state index contributed by atoms with van der Waals surface area (Å²) < 4.78 is 0. The monoisotopic (exact) mass is 284 g/mol. The van der Waals surface area contributed by atoms with Crippen molar-refractivity contribution in [1.29, 1.82) is 0 Å². The SMILES string of the molecule is CC1CCCC1.CCC1CCCC1.[Ru]. The molecule has 0 atom stereocenters. The number of hydrogen-bond acceptors (Lipinski definition) is 0. The van der Waals surface area contributed by atoms with Crippen LogP contribution >= 0.6 is 0 Å². The van der Waals surface area contributed by atoms with Gasteiger partial charge in [-0.3, -0.25) is 0 Å². The normalized spacial score (nSPS) is 22.7.